The van der Waals surface area contributed by atoms with Crippen LogP contribution in [0.15, 0.2) is 90.2 Å². The van der Waals surface area contributed by atoms with Gasteiger partial charge in [-0.3, -0.25) is 4.79 Å². The highest BCUT2D eigenvalue weighted by Crippen LogP contribution is 2.39. The summed E-state index contributed by atoms with van der Waals surface area (Å²) in [5, 5.41) is 21.0. The third-order valence-electron chi connectivity index (χ3n) is 5.88. The number of benzene rings is 3. The Morgan fingerprint density at radius 2 is 1.76 bits per heavy atom. The molecule has 5 rings (SSSR count). The molecule has 0 bridgehead atoms. The number of hydrogen-bond donors (Lipinski definition) is 1. The molecular formula is C27H24N4O3. The first kappa shape index (κ1) is 21.5. The molecule has 0 fully saturated rings. The minimum Gasteiger partial charge on any atom is -0.508 e. The number of phenolic OH excluding ortho intramolecular Hbond substituents is 1. The van der Waals surface area contributed by atoms with E-state index in [0.717, 1.165) is 39.5 Å². The van der Waals surface area contributed by atoms with Crippen molar-refractivity contribution in [2.24, 2.45) is 5.10 Å². The fourth-order valence-electron chi connectivity index (χ4n) is 4.24. The number of phenols is 1. The van der Waals surface area contributed by atoms with Crippen molar-refractivity contribution in [1.82, 2.24) is 14.8 Å². The summed E-state index contributed by atoms with van der Waals surface area (Å²) in [4.78, 5) is 12.6. The Balaban J connectivity index is 1.63. The monoisotopic (exact) mass is 452 g/mol. The van der Waals surface area contributed by atoms with Crippen LogP contribution in [-0.2, 0) is 4.79 Å². The number of para-hydroxylation sites is 1. The minimum absolute atomic E-state index is 0.159. The van der Waals surface area contributed by atoms with Gasteiger partial charge in [0.1, 0.15) is 11.5 Å². The zero-order valence-corrected chi connectivity index (χ0v) is 18.9. The van der Waals surface area contributed by atoms with Crippen LogP contribution in [0.4, 0.5) is 0 Å². The molecule has 170 valence electrons. The fourth-order valence-corrected chi connectivity index (χ4v) is 4.24. The number of carbonyl (C=O) groups is 1. The summed E-state index contributed by atoms with van der Waals surface area (Å²) >= 11 is 0. The van der Waals surface area contributed by atoms with Gasteiger partial charge in [-0.15, -0.1) is 0 Å². The second kappa shape index (κ2) is 8.86. The van der Waals surface area contributed by atoms with Crippen LogP contribution in [0, 0.1) is 0 Å². The number of hydrogen-bond acceptors (Lipinski definition) is 5. The van der Waals surface area contributed by atoms with Gasteiger partial charge in [0, 0.05) is 36.2 Å². The molecule has 34 heavy (non-hydrogen) atoms. The number of nitrogens with zero attached hydrogens (tertiary/aromatic N) is 4. The molecule has 0 aliphatic carbocycles. The van der Waals surface area contributed by atoms with E-state index in [4.69, 9.17) is 9.84 Å². The summed E-state index contributed by atoms with van der Waals surface area (Å²) in [5.41, 5.74) is 4.96. The maximum Gasteiger partial charge on any atom is 0.240 e. The highest BCUT2D eigenvalue weighted by Gasteiger charge is 2.35. The Bertz CT molecular complexity index is 1380. The van der Waals surface area contributed by atoms with Gasteiger partial charge in [0.25, 0.3) is 0 Å². The summed E-state index contributed by atoms with van der Waals surface area (Å²) in [6, 6.07) is 24.2. The molecule has 2 heterocycles. The summed E-state index contributed by atoms with van der Waals surface area (Å²) in [5.74, 6) is 0.723. The summed E-state index contributed by atoms with van der Waals surface area (Å²) in [6.07, 6.45) is 2.46. The predicted octanol–water partition coefficient (Wildman–Crippen LogP) is 4.95. The lowest BCUT2D eigenvalue weighted by molar-refractivity contribution is -0.130. The Morgan fingerprint density at radius 3 is 2.50 bits per heavy atom. The first-order valence-corrected chi connectivity index (χ1v) is 11.0. The molecule has 0 spiro atoms. The van der Waals surface area contributed by atoms with Gasteiger partial charge in [0.2, 0.25) is 5.91 Å². The highest BCUT2D eigenvalue weighted by atomic mass is 16.5. The van der Waals surface area contributed by atoms with Gasteiger partial charge in [0.05, 0.1) is 30.2 Å². The van der Waals surface area contributed by atoms with Crippen molar-refractivity contribution in [3.8, 4) is 28.4 Å². The summed E-state index contributed by atoms with van der Waals surface area (Å²) in [7, 11) is 1.63. The highest BCUT2D eigenvalue weighted by molar-refractivity contribution is 6.03. The fraction of sp³-hybridized carbons (Fsp3) is 0.148. The minimum atomic E-state index is -0.339. The molecular weight excluding hydrogens is 428 g/mol. The molecule has 7 nitrogen and oxygen atoms in total. The van der Waals surface area contributed by atoms with E-state index in [2.05, 4.69) is 5.10 Å². The maximum absolute atomic E-state index is 12.6. The average molecular weight is 453 g/mol. The van der Waals surface area contributed by atoms with Crippen molar-refractivity contribution < 1.29 is 14.6 Å². The molecule has 0 saturated carbocycles. The molecule has 0 radical (unpaired) electrons. The number of rotatable bonds is 5. The first-order chi connectivity index (χ1) is 16.5. The molecule has 3 aromatic carbocycles. The molecule has 1 N–H and O–H groups in total. The topological polar surface area (TPSA) is 80.0 Å². The third kappa shape index (κ3) is 4.03. The normalized spacial score (nSPS) is 15.3. The van der Waals surface area contributed by atoms with E-state index < -0.39 is 0 Å². The molecule has 4 aromatic rings. The number of aromatic hydroxyl groups is 1. The van der Waals surface area contributed by atoms with E-state index in [1.54, 1.807) is 25.3 Å². The van der Waals surface area contributed by atoms with Crippen molar-refractivity contribution in [2.45, 2.75) is 19.4 Å². The zero-order chi connectivity index (χ0) is 23.7. The number of carbonyl (C=O) groups excluding carboxylic acids is 1. The van der Waals surface area contributed by atoms with Crippen LogP contribution in [0.25, 0.3) is 16.9 Å². The molecule has 0 unspecified atom stereocenters. The molecule has 1 aliphatic rings. The van der Waals surface area contributed by atoms with Gasteiger partial charge in [-0.05, 0) is 36.4 Å². The smallest absolute Gasteiger partial charge is 0.240 e. The molecule has 1 aliphatic heterocycles. The van der Waals surface area contributed by atoms with Gasteiger partial charge in [-0.25, -0.2) is 9.69 Å². The lowest BCUT2D eigenvalue weighted by Crippen LogP contribution is -2.24. The van der Waals surface area contributed by atoms with Crippen LogP contribution in [0.5, 0.6) is 11.5 Å². The number of hydrazone groups is 1. The summed E-state index contributed by atoms with van der Waals surface area (Å²) in [6.45, 7) is 1.51. The summed E-state index contributed by atoms with van der Waals surface area (Å²) < 4.78 is 7.26. The predicted molar refractivity (Wildman–Crippen MR) is 130 cm³/mol. The van der Waals surface area contributed by atoms with E-state index in [9.17, 15) is 9.90 Å². The Hall–Kier alpha value is -4.39. The molecule has 1 amide bonds. The number of amides is 1. The second-order valence-electron chi connectivity index (χ2n) is 8.13. The maximum atomic E-state index is 12.6. The third-order valence-corrected chi connectivity index (χ3v) is 5.88. The van der Waals surface area contributed by atoms with Crippen molar-refractivity contribution in [3.05, 3.63) is 96.2 Å². The van der Waals surface area contributed by atoms with E-state index in [1.807, 2.05) is 71.5 Å². The van der Waals surface area contributed by atoms with Crippen molar-refractivity contribution in [3.63, 3.8) is 0 Å². The van der Waals surface area contributed by atoms with Crippen LogP contribution < -0.4 is 4.74 Å². The Kier molecular flexibility index (Phi) is 5.59. The van der Waals surface area contributed by atoms with E-state index in [1.165, 1.54) is 11.9 Å². The van der Waals surface area contributed by atoms with Crippen LogP contribution in [0.1, 0.15) is 30.5 Å². The van der Waals surface area contributed by atoms with Crippen molar-refractivity contribution >= 4 is 11.6 Å². The van der Waals surface area contributed by atoms with E-state index >= 15 is 0 Å². The number of ether oxygens (including phenoxy) is 1. The van der Waals surface area contributed by atoms with Gasteiger partial charge >= 0.3 is 0 Å². The van der Waals surface area contributed by atoms with Gasteiger partial charge in [-0.1, -0.05) is 42.5 Å². The number of aromatic nitrogens is 2. The SMILES string of the molecule is COc1cccc(-c2nn(-c3ccccc3)cc2[C@H]2CC(c3cccc(O)c3)=NN2C(C)=O)c1. The van der Waals surface area contributed by atoms with Crippen LogP contribution in [0.3, 0.4) is 0 Å². The lowest BCUT2D eigenvalue weighted by atomic mass is 9.96. The molecule has 1 atom stereocenters. The van der Waals surface area contributed by atoms with Crippen LogP contribution in [0.2, 0.25) is 0 Å². The number of methoxy groups -OCH3 is 1. The average Bonchev–Trinajstić information content (AvgIpc) is 3.50. The standard InChI is InChI=1S/C27H24N4O3/c1-18(32)31-26(16-25(28-31)19-8-6-12-22(33)14-19)24-17-30(21-10-4-3-5-11-21)29-27(24)20-9-7-13-23(15-20)34-2/h3-15,17,26,33H,16H2,1-2H3/t26-/m1/s1. The second-order valence-corrected chi connectivity index (χ2v) is 8.13. The van der Waals surface area contributed by atoms with Crippen LogP contribution >= 0.6 is 0 Å². The molecule has 0 saturated heterocycles. The van der Waals surface area contributed by atoms with Gasteiger partial charge in [0.15, 0.2) is 0 Å². The van der Waals surface area contributed by atoms with Crippen molar-refractivity contribution in [2.75, 3.05) is 7.11 Å². The molecule has 1 aromatic heterocycles. The zero-order valence-electron chi connectivity index (χ0n) is 18.9. The van der Waals surface area contributed by atoms with Gasteiger partial charge in [-0.2, -0.15) is 10.2 Å². The quantitative estimate of drug-likeness (QED) is 0.465. The first-order valence-electron chi connectivity index (χ1n) is 11.0. The lowest BCUT2D eigenvalue weighted by Gasteiger charge is -2.20. The van der Waals surface area contributed by atoms with E-state index in [0.29, 0.717) is 6.42 Å². The van der Waals surface area contributed by atoms with Gasteiger partial charge < -0.3 is 9.84 Å². The molecule has 7 heteroatoms. The van der Waals surface area contributed by atoms with Crippen molar-refractivity contribution in [1.29, 1.82) is 0 Å². The van der Waals surface area contributed by atoms with E-state index in [-0.39, 0.29) is 17.7 Å². The Labute approximate surface area is 197 Å². The Morgan fingerprint density at radius 1 is 1.00 bits per heavy atom. The largest absolute Gasteiger partial charge is 0.508 e. The van der Waals surface area contributed by atoms with Crippen LogP contribution in [-0.4, -0.2) is 38.6 Å².